The van der Waals surface area contributed by atoms with E-state index in [1.165, 1.54) is 6.33 Å². The molecule has 0 bridgehead atoms. The Labute approximate surface area is 149 Å². The Morgan fingerprint density at radius 3 is 3.16 bits per heavy atom. The number of hydrogen-bond acceptors (Lipinski definition) is 7. The zero-order valence-electron chi connectivity index (χ0n) is 13.8. The molecule has 0 aromatic carbocycles. The van der Waals surface area contributed by atoms with Gasteiger partial charge in [0, 0.05) is 30.6 Å². The minimum Gasteiger partial charge on any atom is -0.349 e. The van der Waals surface area contributed by atoms with Crippen LogP contribution in [0.2, 0.25) is 0 Å². The fraction of sp³-hybridized carbons (Fsp3) is 0.500. The van der Waals surface area contributed by atoms with Crippen LogP contribution >= 0.6 is 11.8 Å². The number of fused-ring (bicyclic) bond motifs is 1. The first kappa shape index (κ1) is 16.3. The summed E-state index contributed by atoms with van der Waals surface area (Å²) in [4.78, 5) is 31.1. The first-order valence-corrected chi connectivity index (χ1v) is 9.51. The van der Waals surface area contributed by atoms with Gasteiger partial charge in [-0.1, -0.05) is 0 Å². The highest BCUT2D eigenvalue weighted by atomic mass is 32.2. The summed E-state index contributed by atoms with van der Waals surface area (Å²) in [5.41, 5.74) is 7.42. The summed E-state index contributed by atoms with van der Waals surface area (Å²) in [6, 6.07) is 0.365. The summed E-state index contributed by atoms with van der Waals surface area (Å²) >= 11 is 1.57. The molecule has 3 heterocycles. The number of carbonyl (C=O) groups excluding carboxylic acids is 1. The van der Waals surface area contributed by atoms with Gasteiger partial charge in [-0.3, -0.25) is 4.79 Å². The zero-order valence-corrected chi connectivity index (χ0v) is 14.6. The van der Waals surface area contributed by atoms with Crippen LogP contribution in [0.15, 0.2) is 23.8 Å². The monoisotopic (exact) mass is 359 g/mol. The van der Waals surface area contributed by atoms with Crippen LogP contribution in [0.25, 0.3) is 11.2 Å². The fourth-order valence-corrected chi connectivity index (χ4v) is 4.27. The third-order valence-corrected chi connectivity index (χ3v) is 5.60. The third kappa shape index (κ3) is 3.47. The summed E-state index contributed by atoms with van der Waals surface area (Å²) in [6.45, 7) is 0.779. The molecular formula is C16H21N7OS. The van der Waals surface area contributed by atoms with Gasteiger partial charge in [0.25, 0.3) is 5.91 Å². The Hall–Kier alpha value is -2.13. The number of imidazole rings is 1. The van der Waals surface area contributed by atoms with E-state index in [1.54, 1.807) is 18.1 Å². The second-order valence-corrected chi connectivity index (χ2v) is 7.57. The number of H-pyrrole nitrogens is 1. The van der Waals surface area contributed by atoms with Crippen molar-refractivity contribution in [3.05, 3.63) is 23.8 Å². The van der Waals surface area contributed by atoms with Gasteiger partial charge in [0.1, 0.15) is 11.8 Å². The maximum atomic E-state index is 12.6. The van der Waals surface area contributed by atoms with E-state index in [9.17, 15) is 4.79 Å². The molecule has 9 heteroatoms. The first-order chi connectivity index (χ1) is 12.2. The molecule has 4 N–H and O–H groups in total. The summed E-state index contributed by atoms with van der Waals surface area (Å²) in [7, 11) is 0. The molecule has 1 aliphatic heterocycles. The average molecular weight is 359 g/mol. The standard InChI is InChI=1S/C16H21N7OS/c17-10-2-1-3-11(6-10)22-16(24)12-7-23(4-5-25-12)15-13-14(19-8-18-13)20-9-21-15/h7-11H,1-6,17H2,(H,22,24)(H,18,19,20,21)/t10-,11-/m1/s1. The average Bonchev–Trinajstić information content (AvgIpc) is 3.10. The molecule has 4 rings (SSSR count). The van der Waals surface area contributed by atoms with E-state index in [0.29, 0.717) is 10.6 Å². The Kier molecular flexibility index (Phi) is 4.58. The lowest BCUT2D eigenvalue weighted by Crippen LogP contribution is -2.43. The van der Waals surface area contributed by atoms with E-state index in [2.05, 4.69) is 25.3 Å². The molecule has 1 amide bonds. The number of nitrogens with zero attached hydrogens (tertiary/aromatic N) is 4. The van der Waals surface area contributed by atoms with Crippen LogP contribution < -0.4 is 16.0 Å². The number of nitrogens with two attached hydrogens (primary N) is 1. The second-order valence-electron chi connectivity index (χ2n) is 6.43. The molecule has 2 atom stereocenters. The Bertz CT molecular complexity index is 805. The van der Waals surface area contributed by atoms with Crippen molar-refractivity contribution in [1.29, 1.82) is 0 Å². The van der Waals surface area contributed by atoms with Crippen molar-refractivity contribution in [3.63, 3.8) is 0 Å². The normalized spacial score (nSPS) is 24.2. The molecule has 2 aliphatic rings. The minimum absolute atomic E-state index is 0.0243. The van der Waals surface area contributed by atoms with E-state index < -0.39 is 0 Å². The molecule has 25 heavy (non-hydrogen) atoms. The molecule has 1 saturated carbocycles. The predicted molar refractivity (Wildman–Crippen MR) is 97.9 cm³/mol. The summed E-state index contributed by atoms with van der Waals surface area (Å²) in [6.07, 6.45) is 8.95. The molecule has 1 aliphatic carbocycles. The lowest BCUT2D eigenvalue weighted by Gasteiger charge is -2.29. The number of nitrogens with one attached hydrogen (secondary N) is 2. The third-order valence-electron chi connectivity index (χ3n) is 4.61. The molecule has 0 radical (unpaired) electrons. The lowest BCUT2D eigenvalue weighted by molar-refractivity contribution is -0.117. The molecule has 0 saturated heterocycles. The Morgan fingerprint density at radius 2 is 2.28 bits per heavy atom. The van der Waals surface area contributed by atoms with E-state index in [-0.39, 0.29) is 18.0 Å². The molecule has 2 aromatic heterocycles. The zero-order chi connectivity index (χ0) is 17.2. The van der Waals surface area contributed by atoms with Crippen LogP contribution in [-0.2, 0) is 4.79 Å². The van der Waals surface area contributed by atoms with Gasteiger partial charge in [0.2, 0.25) is 0 Å². The highest BCUT2D eigenvalue weighted by Gasteiger charge is 2.25. The van der Waals surface area contributed by atoms with Crippen LogP contribution in [-0.4, -0.2) is 50.2 Å². The predicted octanol–water partition coefficient (Wildman–Crippen LogP) is 1.13. The summed E-state index contributed by atoms with van der Waals surface area (Å²) in [5.74, 6) is 1.54. The van der Waals surface area contributed by atoms with Gasteiger partial charge in [0.15, 0.2) is 11.5 Å². The smallest absolute Gasteiger partial charge is 0.259 e. The molecule has 1 fully saturated rings. The molecule has 2 aromatic rings. The van der Waals surface area contributed by atoms with Gasteiger partial charge in [-0.05, 0) is 25.7 Å². The van der Waals surface area contributed by atoms with Gasteiger partial charge >= 0.3 is 0 Å². The summed E-state index contributed by atoms with van der Waals surface area (Å²) in [5, 5.41) is 3.14. The van der Waals surface area contributed by atoms with Crippen LogP contribution in [0.3, 0.4) is 0 Å². The number of aromatic amines is 1. The van der Waals surface area contributed by atoms with Crippen molar-refractivity contribution < 1.29 is 4.79 Å². The SMILES string of the molecule is N[C@@H]1CCC[C@@H](NC(=O)C2=CN(c3ncnc4nc[nH]c34)CCS2)C1. The topological polar surface area (TPSA) is 113 Å². The number of carbonyl (C=O) groups is 1. The quantitative estimate of drug-likeness (QED) is 0.753. The Morgan fingerprint density at radius 1 is 1.36 bits per heavy atom. The second kappa shape index (κ2) is 7.01. The largest absolute Gasteiger partial charge is 0.349 e. The number of hydrogen-bond donors (Lipinski definition) is 3. The molecule has 132 valence electrons. The maximum Gasteiger partial charge on any atom is 0.259 e. The Balaban J connectivity index is 1.52. The van der Waals surface area contributed by atoms with Crippen LogP contribution in [0.5, 0.6) is 0 Å². The van der Waals surface area contributed by atoms with E-state index in [1.807, 2.05) is 11.1 Å². The number of aromatic nitrogens is 4. The van der Waals surface area contributed by atoms with Crippen molar-refractivity contribution in [3.8, 4) is 0 Å². The minimum atomic E-state index is -0.0243. The first-order valence-electron chi connectivity index (χ1n) is 8.52. The highest BCUT2D eigenvalue weighted by molar-refractivity contribution is 8.04. The van der Waals surface area contributed by atoms with Gasteiger partial charge in [-0.25, -0.2) is 15.0 Å². The highest BCUT2D eigenvalue weighted by Crippen LogP contribution is 2.28. The van der Waals surface area contributed by atoms with Gasteiger partial charge < -0.3 is 20.9 Å². The number of rotatable bonds is 3. The van der Waals surface area contributed by atoms with Crippen molar-refractivity contribution in [2.24, 2.45) is 5.73 Å². The molecule has 0 spiro atoms. The van der Waals surface area contributed by atoms with E-state index in [4.69, 9.17) is 5.73 Å². The van der Waals surface area contributed by atoms with Crippen LogP contribution in [0.1, 0.15) is 25.7 Å². The lowest BCUT2D eigenvalue weighted by atomic mass is 9.91. The van der Waals surface area contributed by atoms with Crippen LogP contribution in [0.4, 0.5) is 5.82 Å². The van der Waals surface area contributed by atoms with E-state index in [0.717, 1.165) is 49.3 Å². The van der Waals surface area contributed by atoms with Gasteiger partial charge in [-0.2, -0.15) is 0 Å². The van der Waals surface area contributed by atoms with Crippen molar-refractivity contribution in [2.75, 3.05) is 17.2 Å². The van der Waals surface area contributed by atoms with Crippen LogP contribution in [0, 0.1) is 0 Å². The van der Waals surface area contributed by atoms with Gasteiger partial charge in [0.05, 0.1) is 11.2 Å². The fourth-order valence-electron chi connectivity index (χ4n) is 3.37. The summed E-state index contributed by atoms with van der Waals surface area (Å²) < 4.78 is 0. The number of thioether (sulfide) groups is 1. The molecule has 8 nitrogen and oxygen atoms in total. The van der Waals surface area contributed by atoms with E-state index >= 15 is 0 Å². The van der Waals surface area contributed by atoms with Crippen molar-refractivity contribution in [1.82, 2.24) is 25.3 Å². The van der Waals surface area contributed by atoms with Crippen molar-refractivity contribution >= 4 is 34.7 Å². The maximum absolute atomic E-state index is 12.6. The number of anilines is 1. The molecule has 0 unspecified atom stereocenters. The molecular weight excluding hydrogens is 338 g/mol. The van der Waals surface area contributed by atoms with Crippen molar-refractivity contribution in [2.45, 2.75) is 37.8 Å². The van der Waals surface area contributed by atoms with Gasteiger partial charge in [-0.15, -0.1) is 11.8 Å². The number of amides is 1.